The first-order chi connectivity index (χ1) is 16.1. The lowest BCUT2D eigenvalue weighted by Crippen LogP contribution is -2.30. The molecule has 0 radical (unpaired) electrons. The van der Waals surface area contributed by atoms with Crippen LogP contribution >= 0.6 is 0 Å². The van der Waals surface area contributed by atoms with Crippen molar-refractivity contribution in [3.8, 4) is 0 Å². The fourth-order valence-electron chi connectivity index (χ4n) is 4.68. The minimum atomic E-state index is -0.308. The predicted molar refractivity (Wildman–Crippen MR) is 125 cm³/mol. The van der Waals surface area contributed by atoms with Gasteiger partial charge in [0.1, 0.15) is 5.82 Å². The van der Waals surface area contributed by atoms with Crippen LogP contribution in [0.1, 0.15) is 39.7 Å². The van der Waals surface area contributed by atoms with E-state index in [0.29, 0.717) is 18.7 Å². The van der Waals surface area contributed by atoms with Crippen molar-refractivity contribution in [2.24, 2.45) is 0 Å². The monoisotopic (exact) mass is 443 g/mol. The number of rotatable bonds is 6. The molecule has 0 aliphatic carbocycles. The Balaban J connectivity index is 1.45. The zero-order valence-corrected chi connectivity index (χ0v) is 18.6. The Morgan fingerprint density at radius 1 is 1.03 bits per heavy atom. The molecule has 5 nitrogen and oxygen atoms in total. The fourth-order valence-corrected chi connectivity index (χ4v) is 4.68. The van der Waals surface area contributed by atoms with Crippen LogP contribution in [0, 0.1) is 5.82 Å². The maximum Gasteiger partial charge on any atom is 0.338 e. The van der Waals surface area contributed by atoms with Gasteiger partial charge < -0.3 is 9.30 Å². The number of fused-ring (bicyclic) bond motifs is 3. The zero-order valence-electron chi connectivity index (χ0n) is 18.6. The molecule has 0 N–H and O–H groups in total. The molecular formula is C27H26FN3O2. The number of hydrogen-bond acceptors (Lipinski definition) is 4. The van der Waals surface area contributed by atoms with Gasteiger partial charge in [0.25, 0.3) is 0 Å². The Kier molecular flexibility index (Phi) is 5.92. The Labute approximate surface area is 192 Å². The first-order valence-corrected chi connectivity index (χ1v) is 11.3. The molecule has 0 spiro atoms. The lowest BCUT2D eigenvalue weighted by Gasteiger charge is -2.28. The second-order valence-corrected chi connectivity index (χ2v) is 8.41. The molecule has 2 aromatic carbocycles. The number of esters is 1. The van der Waals surface area contributed by atoms with Gasteiger partial charge in [0, 0.05) is 61.6 Å². The number of aromatic nitrogens is 2. The molecule has 5 rings (SSSR count). The van der Waals surface area contributed by atoms with Crippen molar-refractivity contribution in [2.45, 2.75) is 33.0 Å². The first kappa shape index (κ1) is 21.3. The molecule has 2 aromatic heterocycles. The molecule has 0 unspecified atom stereocenters. The molecule has 0 atom stereocenters. The summed E-state index contributed by atoms with van der Waals surface area (Å²) in [6, 6.07) is 16.7. The molecule has 168 valence electrons. The van der Waals surface area contributed by atoms with E-state index in [0.717, 1.165) is 42.5 Å². The highest BCUT2D eigenvalue weighted by atomic mass is 19.1. The predicted octanol–water partition coefficient (Wildman–Crippen LogP) is 4.96. The average molecular weight is 444 g/mol. The molecule has 3 heterocycles. The van der Waals surface area contributed by atoms with E-state index >= 15 is 0 Å². The van der Waals surface area contributed by atoms with Crippen LogP contribution < -0.4 is 0 Å². The summed E-state index contributed by atoms with van der Waals surface area (Å²) >= 11 is 0. The molecule has 0 amide bonds. The van der Waals surface area contributed by atoms with Gasteiger partial charge in [-0.2, -0.15) is 0 Å². The quantitative estimate of drug-likeness (QED) is 0.395. The lowest BCUT2D eigenvalue weighted by molar-refractivity contribution is 0.0526. The standard InChI is InChI=1S/C27H26FN3O2/c1-2-33-27(32)21-5-3-19(4-6-21)17-31-25-8-7-22(28)15-23(25)24-18-30(14-11-26(24)31)16-20-9-12-29-13-10-20/h3-10,12-13,15H,2,11,14,16-18H2,1H3. The number of hydrogen-bond donors (Lipinski definition) is 0. The van der Waals surface area contributed by atoms with E-state index in [2.05, 4.69) is 14.5 Å². The Bertz CT molecular complexity index is 1280. The average Bonchev–Trinajstić information content (AvgIpc) is 3.12. The van der Waals surface area contributed by atoms with Crippen LogP contribution in [0.5, 0.6) is 0 Å². The van der Waals surface area contributed by atoms with Crippen molar-refractivity contribution in [3.63, 3.8) is 0 Å². The molecule has 0 bridgehead atoms. The molecule has 4 aromatic rings. The van der Waals surface area contributed by atoms with Gasteiger partial charge in [0.15, 0.2) is 0 Å². The van der Waals surface area contributed by atoms with Crippen LogP contribution in [-0.2, 0) is 30.8 Å². The second-order valence-electron chi connectivity index (χ2n) is 8.41. The molecule has 1 aliphatic heterocycles. The summed E-state index contributed by atoms with van der Waals surface area (Å²) in [6.07, 6.45) is 4.54. The fraction of sp³-hybridized carbons (Fsp3) is 0.259. The summed E-state index contributed by atoms with van der Waals surface area (Å²) in [6.45, 7) is 5.40. The number of nitrogens with zero attached hydrogens (tertiary/aromatic N) is 3. The third kappa shape index (κ3) is 4.39. The van der Waals surface area contributed by atoms with Crippen molar-refractivity contribution >= 4 is 16.9 Å². The van der Waals surface area contributed by atoms with E-state index < -0.39 is 0 Å². The van der Waals surface area contributed by atoms with E-state index in [4.69, 9.17) is 4.74 Å². The van der Waals surface area contributed by atoms with Gasteiger partial charge in [-0.15, -0.1) is 0 Å². The van der Waals surface area contributed by atoms with Gasteiger partial charge in [-0.25, -0.2) is 9.18 Å². The van der Waals surface area contributed by atoms with Crippen LogP contribution in [0.25, 0.3) is 10.9 Å². The summed E-state index contributed by atoms with van der Waals surface area (Å²) in [5.74, 6) is -0.523. The maximum absolute atomic E-state index is 14.2. The van der Waals surface area contributed by atoms with Crippen molar-refractivity contribution in [1.29, 1.82) is 0 Å². The van der Waals surface area contributed by atoms with Crippen LogP contribution in [0.3, 0.4) is 0 Å². The molecule has 0 saturated carbocycles. The number of benzene rings is 2. The van der Waals surface area contributed by atoms with E-state index in [1.807, 2.05) is 54.9 Å². The van der Waals surface area contributed by atoms with Gasteiger partial charge in [0.05, 0.1) is 12.2 Å². The molecule has 0 saturated heterocycles. The Morgan fingerprint density at radius 2 is 1.79 bits per heavy atom. The van der Waals surface area contributed by atoms with Crippen molar-refractivity contribution < 1.29 is 13.9 Å². The summed E-state index contributed by atoms with van der Waals surface area (Å²) in [5, 5.41) is 0.979. The Hall–Kier alpha value is -3.51. The smallest absolute Gasteiger partial charge is 0.338 e. The minimum Gasteiger partial charge on any atom is -0.462 e. The first-order valence-electron chi connectivity index (χ1n) is 11.3. The molecular weight excluding hydrogens is 417 g/mol. The molecule has 33 heavy (non-hydrogen) atoms. The van der Waals surface area contributed by atoms with E-state index in [1.54, 1.807) is 13.0 Å². The van der Waals surface area contributed by atoms with E-state index in [-0.39, 0.29) is 11.8 Å². The summed E-state index contributed by atoms with van der Waals surface area (Å²) in [5.41, 5.74) is 6.37. The third-order valence-electron chi connectivity index (χ3n) is 6.26. The van der Waals surface area contributed by atoms with Gasteiger partial charge in [-0.3, -0.25) is 9.88 Å². The van der Waals surface area contributed by atoms with Crippen LogP contribution in [-0.4, -0.2) is 33.6 Å². The highest BCUT2D eigenvalue weighted by Crippen LogP contribution is 2.32. The van der Waals surface area contributed by atoms with Crippen LogP contribution in [0.15, 0.2) is 67.0 Å². The topological polar surface area (TPSA) is 47.4 Å². The number of carbonyl (C=O) groups is 1. The Morgan fingerprint density at radius 3 is 2.55 bits per heavy atom. The number of carbonyl (C=O) groups excluding carboxylic acids is 1. The number of halogens is 1. The van der Waals surface area contributed by atoms with Crippen molar-refractivity contribution in [2.75, 3.05) is 13.2 Å². The van der Waals surface area contributed by atoms with E-state index in [1.165, 1.54) is 22.9 Å². The van der Waals surface area contributed by atoms with Gasteiger partial charge in [0.2, 0.25) is 0 Å². The highest BCUT2D eigenvalue weighted by Gasteiger charge is 2.24. The highest BCUT2D eigenvalue weighted by molar-refractivity contribution is 5.89. The normalized spacial score (nSPS) is 13.8. The minimum absolute atomic E-state index is 0.215. The summed E-state index contributed by atoms with van der Waals surface area (Å²) in [7, 11) is 0. The van der Waals surface area contributed by atoms with Crippen LogP contribution in [0.4, 0.5) is 4.39 Å². The molecule has 1 aliphatic rings. The van der Waals surface area contributed by atoms with Crippen LogP contribution in [0.2, 0.25) is 0 Å². The van der Waals surface area contributed by atoms with E-state index in [9.17, 15) is 9.18 Å². The SMILES string of the molecule is CCOC(=O)c1ccc(Cn2c3c(c4cc(F)ccc42)CN(Cc2ccncc2)CC3)cc1. The largest absolute Gasteiger partial charge is 0.462 e. The molecule has 0 fully saturated rings. The second kappa shape index (κ2) is 9.16. The lowest BCUT2D eigenvalue weighted by atomic mass is 10.0. The summed E-state index contributed by atoms with van der Waals surface area (Å²) < 4.78 is 21.6. The number of ether oxygens (including phenoxy) is 1. The van der Waals surface area contributed by atoms with Gasteiger partial charge in [-0.1, -0.05) is 12.1 Å². The number of pyridine rings is 1. The molecule has 6 heteroatoms. The van der Waals surface area contributed by atoms with Gasteiger partial charge >= 0.3 is 5.97 Å². The zero-order chi connectivity index (χ0) is 22.8. The van der Waals surface area contributed by atoms with Gasteiger partial charge in [-0.05, 0) is 66.1 Å². The van der Waals surface area contributed by atoms with Crippen molar-refractivity contribution in [3.05, 3.63) is 101 Å². The van der Waals surface area contributed by atoms with Crippen molar-refractivity contribution in [1.82, 2.24) is 14.5 Å². The summed E-state index contributed by atoms with van der Waals surface area (Å²) in [4.78, 5) is 18.5. The third-order valence-corrected chi connectivity index (χ3v) is 6.26. The maximum atomic E-state index is 14.2.